The number of hydrogen-bond donors (Lipinski definition) is 1. The van der Waals surface area contributed by atoms with E-state index in [9.17, 15) is 9.18 Å². The molecule has 1 amide bonds. The second-order valence-electron chi connectivity index (χ2n) is 9.05. The number of hydrogen-bond acceptors (Lipinski definition) is 7. The van der Waals surface area contributed by atoms with Crippen LogP contribution < -0.4 is 5.32 Å². The summed E-state index contributed by atoms with van der Waals surface area (Å²) in [6.07, 6.45) is 8.06. The van der Waals surface area contributed by atoms with Gasteiger partial charge in [0, 0.05) is 18.2 Å². The Kier molecular flexibility index (Phi) is 6.17. The molecule has 1 aromatic carbocycles. The smallest absolute Gasteiger partial charge is 0.280 e. The highest BCUT2D eigenvalue weighted by molar-refractivity contribution is 7.17. The Morgan fingerprint density at radius 1 is 1.19 bits per heavy atom. The molecular formula is C25H22ClFN8OS. The van der Waals surface area contributed by atoms with E-state index in [2.05, 4.69) is 30.0 Å². The quantitative estimate of drug-likeness (QED) is 0.333. The van der Waals surface area contributed by atoms with E-state index in [-0.39, 0.29) is 23.8 Å². The number of carbonyl (C=O) groups is 1. The minimum atomic E-state index is -0.349. The first-order valence-corrected chi connectivity index (χ1v) is 13.1. The van der Waals surface area contributed by atoms with Crippen LogP contribution in [0.1, 0.15) is 47.2 Å². The van der Waals surface area contributed by atoms with Crippen molar-refractivity contribution >= 4 is 39.9 Å². The lowest BCUT2D eigenvalue weighted by atomic mass is 9.90. The van der Waals surface area contributed by atoms with Gasteiger partial charge < -0.3 is 9.88 Å². The summed E-state index contributed by atoms with van der Waals surface area (Å²) in [5, 5.41) is 12.1. The van der Waals surface area contributed by atoms with Crippen molar-refractivity contribution in [1.29, 1.82) is 0 Å². The van der Waals surface area contributed by atoms with Crippen LogP contribution in [0.3, 0.4) is 0 Å². The number of amides is 1. The average Bonchev–Trinajstić information content (AvgIpc) is 3.62. The normalized spacial score (nSPS) is 17.8. The number of fused-ring (bicyclic) bond motifs is 1. The van der Waals surface area contributed by atoms with Gasteiger partial charge in [-0.25, -0.2) is 19.3 Å². The van der Waals surface area contributed by atoms with Crippen molar-refractivity contribution in [1.82, 2.24) is 39.8 Å². The fourth-order valence-corrected chi connectivity index (χ4v) is 5.70. The minimum Gasteiger partial charge on any atom is -0.347 e. The highest BCUT2D eigenvalue weighted by Gasteiger charge is 2.29. The van der Waals surface area contributed by atoms with Gasteiger partial charge in [0.2, 0.25) is 0 Å². The summed E-state index contributed by atoms with van der Waals surface area (Å²) < 4.78 is 17.5. The summed E-state index contributed by atoms with van der Waals surface area (Å²) in [4.78, 5) is 27.6. The Hall–Kier alpha value is -3.70. The number of aryl methyl sites for hydroxylation is 1. The van der Waals surface area contributed by atoms with Gasteiger partial charge in [0.15, 0.2) is 10.8 Å². The second kappa shape index (κ2) is 9.64. The van der Waals surface area contributed by atoms with E-state index in [1.54, 1.807) is 30.6 Å². The highest BCUT2D eigenvalue weighted by atomic mass is 35.5. The molecule has 12 heteroatoms. The van der Waals surface area contributed by atoms with Gasteiger partial charge in [-0.3, -0.25) is 4.79 Å². The van der Waals surface area contributed by atoms with Crippen molar-refractivity contribution in [3.63, 3.8) is 0 Å². The number of benzene rings is 1. The number of carbonyl (C=O) groups excluding carboxylic acids is 1. The summed E-state index contributed by atoms with van der Waals surface area (Å²) in [6, 6.07) is 8.40. The van der Waals surface area contributed by atoms with Crippen LogP contribution in [0.5, 0.6) is 0 Å². The van der Waals surface area contributed by atoms with Crippen molar-refractivity contribution in [2.24, 2.45) is 0 Å². The van der Waals surface area contributed by atoms with E-state index in [0.717, 1.165) is 41.8 Å². The molecule has 0 radical (unpaired) electrons. The number of pyridine rings is 1. The van der Waals surface area contributed by atoms with Crippen LogP contribution in [0.4, 0.5) is 4.39 Å². The monoisotopic (exact) mass is 536 g/mol. The lowest BCUT2D eigenvalue weighted by Crippen LogP contribution is -2.39. The van der Waals surface area contributed by atoms with Crippen LogP contribution in [0.15, 0.2) is 48.9 Å². The van der Waals surface area contributed by atoms with Crippen molar-refractivity contribution in [3.8, 4) is 17.2 Å². The molecule has 5 aromatic rings. The summed E-state index contributed by atoms with van der Waals surface area (Å²) in [7, 11) is 0. The maximum Gasteiger partial charge on any atom is 0.280 e. The molecule has 0 aliphatic heterocycles. The first kappa shape index (κ1) is 23.7. The lowest BCUT2D eigenvalue weighted by Gasteiger charge is -2.32. The topological polar surface area (TPSA) is 103 Å². The van der Waals surface area contributed by atoms with Crippen molar-refractivity contribution in [2.45, 2.75) is 44.7 Å². The molecule has 1 aliphatic rings. The Morgan fingerprint density at radius 3 is 2.81 bits per heavy atom. The number of nitrogens with zero attached hydrogens (tertiary/aromatic N) is 7. The molecule has 0 bridgehead atoms. The summed E-state index contributed by atoms with van der Waals surface area (Å²) in [5.74, 6) is 0.486. The highest BCUT2D eigenvalue weighted by Crippen LogP contribution is 2.37. The lowest BCUT2D eigenvalue weighted by molar-refractivity contribution is 0.0920. The van der Waals surface area contributed by atoms with Gasteiger partial charge >= 0.3 is 0 Å². The van der Waals surface area contributed by atoms with Crippen molar-refractivity contribution in [3.05, 3.63) is 69.8 Å². The maximum absolute atomic E-state index is 15.0. The van der Waals surface area contributed by atoms with E-state index < -0.39 is 0 Å². The fourth-order valence-electron chi connectivity index (χ4n) is 4.89. The molecule has 1 fully saturated rings. The van der Waals surface area contributed by atoms with E-state index in [4.69, 9.17) is 16.6 Å². The number of rotatable bonds is 5. The zero-order chi connectivity index (χ0) is 25.5. The van der Waals surface area contributed by atoms with Crippen molar-refractivity contribution in [2.75, 3.05) is 0 Å². The van der Waals surface area contributed by atoms with E-state index in [0.29, 0.717) is 38.5 Å². The van der Waals surface area contributed by atoms with Gasteiger partial charge in [-0.1, -0.05) is 35.1 Å². The molecule has 4 aromatic heterocycles. The van der Waals surface area contributed by atoms with Crippen LogP contribution in [0.2, 0.25) is 4.34 Å². The van der Waals surface area contributed by atoms with Crippen LogP contribution in [-0.2, 0) is 0 Å². The molecular weight excluding hydrogens is 515 g/mol. The van der Waals surface area contributed by atoms with E-state index >= 15 is 0 Å². The van der Waals surface area contributed by atoms with Crippen LogP contribution in [0, 0.1) is 12.7 Å². The summed E-state index contributed by atoms with van der Waals surface area (Å²) in [5.41, 5.74) is 2.64. The van der Waals surface area contributed by atoms with Gasteiger partial charge in [-0.2, -0.15) is 10.2 Å². The van der Waals surface area contributed by atoms with Crippen LogP contribution in [-0.4, -0.2) is 46.5 Å². The zero-order valence-corrected chi connectivity index (χ0v) is 21.4. The molecule has 2 unspecified atom stereocenters. The Morgan fingerprint density at radius 2 is 2.05 bits per heavy atom. The average molecular weight is 537 g/mol. The standard InChI is InChI=1S/C25H22ClFN8OS/c1-14-11-30-35(33-14)22-10-20-19(12-28-22)32-23(17-7-2-3-8-18(17)27)34(20)16-6-4-5-15(9-16)31-24(36)25-29-13-21(26)37-25/h2-3,7-8,10-13,15-16H,4-6,9H2,1H3,(H,31,36). The predicted octanol–water partition coefficient (Wildman–Crippen LogP) is 5.15. The van der Waals surface area contributed by atoms with Crippen LogP contribution >= 0.6 is 22.9 Å². The van der Waals surface area contributed by atoms with Gasteiger partial charge in [0.25, 0.3) is 5.91 Å². The number of thiazole rings is 1. The summed E-state index contributed by atoms with van der Waals surface area (Å²) >= 11 is 7.11. The molecule has 1 aliphatic carbocycles. The Bertz CT molecular complexity index is 1610. The zero-order valence-electron chi connectivity index (χ0n) is 19.8. The third kappa shape index (κ3) is 4.60. The molecule has 37 heavy (non-hydrogen) atoms. The van der Waals surface area contributed by atoms with Crippen LogP contribution in [0.25, 0.3) is 28.2 Å². The second-order valence-corrected chi connectivity index (χ2v) is 10.7. The number of aromatic nitrogens is 7. The van der Waals surface area contributed by atoms with Crippen molar-refractivity contribution < 1.29 is 9.18 Å². The molecule has 9 nitrogen and oxygen atoms in total. The third-order valence-corrected chi connectivity index (χ3v) is 7.62. The Labute approximate surface area is 220 Å². The molecule has 188 valence electrons. The van der Waals surface area contributed by atoms with Gasteiger partial charge in [-0.15, -0.1) is 4.80 Å². The minimum absolute atomic E-state index is 0.0268. The fraction of sp³-hybridized carbons (Fsp3) is 0.280. The molecule has 4 heterocycles. The first-order chi connectivity index (χ1) is 18.0. The number of halogens is 2. The van der Waals surface area contributed by atoms with E-state index in [1.807, 2.05) is 13.0 Å². The molecule has 1 N–H and O–H groups in total. The largest absolute Gasteiger partial charge is 0.347 e. The Balaban J connectivity index is 1.40. The third-order valence-electron chi connectivity index (χ3n) is 6.51. The predicted molar refractivity (Wildman–Crippen MR) is 138 cm³/mol. The SMILES string of the molecule is Cc1cnn(-c2cc3c(cn2)nc(-c2ccccc2F)n3C2CCCC(NC(=O)c3ncc(Cl)s3)C2)n1. The molecule has 0 spiro atoms. The number of nitrogens with one attached hydrogen (secondary N) is 1. The van der Waals surface area contributed by atoms with E-state index in [1.165, 1.54) is 17.1 Å². The first-order valence-electron chi connectivity index (χ1n) is 11.9. The molecule has 2 atom stereocenters. The number of imidazole rings is 1. The maximum atomic E-state index is 15.0. The molecule has 1 saturated carbocycles. The van der Waals surface area contributed by atoms with Gasteiger partial charge in [0.05, 0.1) is 35.4 Å². The van der Waals surface area contributed by atoms with Gasteiger partial charge in [-0.05, 0) is 44.7 Å². The summed E-state index contributed by atoms with van der Waals surface area (Å²) in [6.45, 7) is 1.86. The van der Waals surface area contributed by atoms with Gasteiger partial charge in [0.1, 0.15) is 21.5 Å². The molecule has 0 saturated heterocycles. The molecule has 6 rings (SSSR count).